The molecule has 0 aliphatic rings. The van der Waals surface area contributed by atoms with Gasteiger partial charge in [0, 0.05) is 22.1 Å². The second-order valence-corrected chi connectivity index (χ2v) is 5.92. The molecule has 0 spiro atoms. The number of hydrogen-bond acceptors (Lipinski definition) is 2. The van der Waals surface area contributed by atoms with Gasteiger partial charge in [0.15, 0.2) is 0 Å². The Hall–Kier alpha value is -2.77. The molecule has 0 aliphatic heterocycles. The fraction of sp³-hybridized carbons (Fsp3) is 0. The van der Waals surface area contributed by atoms with Crippen LogP contribution in [0.1, 0.15) is 11.3 Å². The fourth-order valence-electron chi connectivity index (χ4n) is 2.34. The highest BCUT2D eigenvalue weighted by atomic mass is 79.9. The molecule has 3 nitrogen and oxygen atoms in total. The van der Waals surface area contributed by atoms with Crippen LogP contribution < -0.4 is 0 Å². The number of nitriles is 1. The van der Waals surface area contributed by atoms with Crippen molar-refractivity contribution in [2.75, 3.05) is 0 Å². The van der Waals surface area contributed by atoms with Gasteiger partial charge in [0.25, 0.3) is 0 Å². The molecule has 0 saturated carbocycles. The number of aromatic nitrogens is 1. The van der Waals surface area contributed by atoms with Crippen LogP contribution in [-0.2, 0) is 0 Å². The number of rotatable bonds is 3. The smallest absolute Gasteiger partial charge is 0.115 e. The van der Waals surface area contributed by atoms with Crippen molar-refractivity contribution in [1.82, 2.24) is 4.57 Å². The standard InChI is InChI=1S/C19H13BrN2O/c20-16-4-1-3-14(11-16)15(13-21)12-18-5-2-10-22(18)17-6-8-19(23)9-7-17/h1-12,23H/b15-12-. The average molecular weight is 365 g/mol. The van der Waals surface area contributed by atoms with E-state index in [9.17, 15) is 10.4 Å². The summed E-state index contributed by atoms with van der Waals surface area (Å²) in [6, 6.07) is 20.7. The molecule has 0 aliphatic carbocycles. The summed E-state index contributed by atoms with van der Waals surface area (Å²) in [4.78, 5) is 0. The number of allylic oxidation sites excluding steroid dienone is 1. The van der Waals surface area contributed by atoms with Gasteiger partial charge in [0.2, 0.25) is 0 Å². The van der Waals surface area contributed by atoms with Gasteiger partial charge >= 0.3 is 0 Å². The van der Waals surface area contributed by atoms with Crippen LogP contribution in [0.15, 0.2) is 71.3 Å². The summed E-state index contributed by atoms with van der Waals surface area (Å²) in [6.45, 7) is 0. The van der Waals surface area contributed by atoms with Crippen LogP contribution in [0.3, 0.4) is 0 Å². The molecule has 0 amide bonds. The normalized spacial score (nSPS) is 11.2. The molecule has 0 fully saturated rings. The van der Waals surface area contributed by atoms with Crippen molar-refractivity contribution in [2.45, 2.75) is 0 Å². The molecule has 112 valence electrons. The Morgan fingerprint density at radius 2 is 1.87 bits per heavy atom. The van der Waals surface area contributed by atoms with Gasteiger partial charge in [-0.1, -0.05) is 28.1 Å². The van der Waals surface area contributed by atoms with Gasteiger partial charge in [0.1, 0.15) is 5.75 Å². The van der Waals surface area contributed by atoms with Crippen LogP contribution in [-0.4, -0.2) is 9.67 Å². The Labute approximate surface area is 142 Å². The van der Waals surface area contributed by atoms with Crippen LogP contribution in [0, 0.1) is 11.3 Å². The molecule has 2 aromatic carbocycles. The van der Waals surface area contributed by atoms with E-state index in [0.29, 0.717) is 5.57 Å². The molecule has 23 heavy (non-hydrogen) atoms. The zero-order valence-electron chi connectivity index (χ0n) is 12.1. The van der Waals surface area contributed by atoms with Gasteiger partial charge < -0.3 is 9.67 Å². The van der Waals surface area contributed by atoms with Crippen LogP contribution in [0.25, 0.3) is 17.3 Å². The van der Waals surface area contributed by atoms with Crippen molar-refractivity contribution in [3.8, 4) is 17.5 Å². The average Bonchev–Trinajstić information content (AvgIpc) is 3.01. The third-order valence-electron chi connectivity index (χ3n) is 3.46. The Morgan fingerprint density at radius 3 is 2.57 bits per heavy atom. The largest absolute Gasteiger partial charge is 0.508 e. The predicted octanol–water partition coefficient (Wildman–Crippen LogP) is 5.01. The van der Waals surface area contributed by atoms with E-state index in [1.54, 1.807) is 12.1 Å². The van der Waals surface area contributed by atoms with Gasteiger partial charge in [-0.05, 0) is 60.2 Å². The molecule has 3 rings (SSSR count). The van der Waals surface area contributed by atoms with Crippen molar-refractivity contribution in [3.63, 3.8) is 0 Å². The molecule has 0 bridgehead atoms. The zero-order chi connectivity index (χ0) is 16.2. The number of halogens is 1. The fourth-order valence-corrected chi connectivity index (χ4v) is 2.74. The van der Waals surface area contributed by atoms with Crippen LogP contribution in [0.4, 0.5) is 0 Å². The van der Waals surface area contributed by atoms with Crippen molar-refractivity contribution in [3.05, 3.63) is 82.6 Å². The van der Waals surface area contributed by atoms with E-state index in [1.165, 1.54) is 0 Å². The van der Waals surface area contributed by atoms with E-state index in [-0.39, 0.29) is 5.75 Å². The lowest BCUT2D eigenvalue weighted by atomic mass is 10.1. The molecule has 0 unspecified atom stereocenters. The summed E-state index contributed by atoms with van der Waals surface area (Å²) in [5.74, 6) is 0.227. The third-order valence-corrected chi connectivity index (χ3v) is 3.95. The van der Waals surface area contributed by atoms with E-state index >= 15 is 0 Å². The quantitative estimate of drug-likeness (QED) is 0.664. The minimum atomic E-state index is 0.227. The van der Waals surface area contributed by atoms with Crippen molar-refractivity contribution < 1.29 is 5.11 Å². The van der Waals surface area contributed by atoms with E-state index in [1.807, 2.05) is 65.4 Å². The second-order valence-electron chi connectivity index (χ2n) is 5.00. The molecule has 4 heteroatoms. The molecular formula is C19H13BrN2O. The number of nitrogens with zero attached hydrogens (tertiary/aromatic N) is 2. The maximum atomic E-state index is 9.49. The Balaban J connectivity index is 2.04. The summed E-state index contributed by atoms with van der Waals surface area (Å²) >= 11 is 3.43. The number of aromatic hydroxyl groups is 1. The van der Waals surface area contributed by atoms with Gasteiger partial charge in [-0.2, -0.15) is 5.26 Å². The molecule has 1 heterocycles. The minimum Gasteiger partial charge on any atom is -0.508 e. The minimum absolute atomic E-state index is 0.227. The summed E-state index contributed by atoms with van der Waals surface area (Å²) < 4.78 is 2.90. The second kappa shape index (κ2) is 6.55. The Bertz CT molecular complexity index is 902. The predicted molar refractivity (Wildman–Crippen MR) is 95.1 cm³/mol. The first-order chi connectivity index (χ1) is 11.2. The zero-order valence-corrected chi connectivity index (χ0v) is 13.7. The molecule has 1 aromatic heterocycles. The lowest BCUT2D eigenvalue weighted by Crippen LogP contribution is -1.94. The number of phenols is 1. The van der Waals surface area contributed by atoms with E-state index in [2.05, 4.69) is 22.0 Å². The van der Waals surface area contributed by atoms with E-state index in [0.717, 1.165) is 21.4 Å². The highest BCUT2D eigenvalue weighted by Gasteiger charge is 2.06. The Morgan fingerprint density at radius 1 is 1.09 bits per heavy atom. The van der Waals surface area contributed by atoms with Gasteiger partial charge in [0.05, 0.1) is 11.6 Å². The summed E-state index contributed by atoms with van der Waals surface area (Å²) in [5, 5.41) is 18.9. The van der Waals surface area contributed by atoms with Crippen molar-refractivity contribution in [1.29, 1.82) is 5.26 Å². The van der Waals surface area contributed by atoms with Gasteiger partial charge in [-0.15, -0.1) is 0 Å². The molecule has 3 aromatic rings. The number of benzene rings is 2. The highest BCUT2D eigenvalue weighted by Crippen LogP contribution is 2.23. The van der Waals surface area contributed by atoms with E-state index < -0.39 is 0 Å². The number of phenolic OH excluding ortho intramolecular Hbond substituents is 1. The lowest BCUT2D eigenvalue weighted by molar-refractivity contribution is 0.475. The molecule has 0 radical (unpaired) electrons. The van der Waals surface area contributed by atoms with Gasteiger partial charge in [-0.3, -0.25) is 0 Å². The molecular weight excluding hydrogens is 352 g/mol. The Kier molecular flexibility index (Phi) is 4.31. The van der Waals surface area contributed by atoms with Crippen molar-refractivity contribution in [2.24, 2.45) is 0 Å². The lowest BCUT2D eigenvalue weighted by Gasteiger charge is -2.07. The van der Waals surface area contributed by atoms with Crippen LogP contribution >= 0.6 is 15.9 Å². The monoisotopic (exact) mass is 364 g/mol. The SMILES string of the molecule is N#C/C(=C/c1cccn1-c1ccc(O)cc1)c1cccc(Br)c1. The number of hydrogen-bond donors (Lipinski definition) is 1. The third kappa shape index (κ3) is 3.36. The first-order valence-corrected chi connectivity index (χ1v) is 7.81. The summed E-state index contributed by atoms with van der Waals surface area (Å²) in [7, 11) is 0. The van der Waals surface area contributed by atoms with Crippen LogP contribution in [0.5, 0.6) is 5.75 Å². The van der Waals surface area contributed by atoms with Crippen molar-refractivity contribution >= 4 is 27.6 Å². The topological polar surface area (TPSA) is 49.0 Å². The summed E-state index contributed by atoms with van der Waals surface area (Å²) in [5.41, 5.74) is 3.27. The molecule has 0 saturated heterocycles. The maximum Gasteiger partial charge on any atom is 0.115 e. The van der Waals surface area contributed by atoms with Crippen LogP contribution in [0.2, 0.25) is 0 Å². The molecule has 0 atom stereocenters. The summed E-state index contributed by atoms with van der Waals surface area (Å²) in [6.07, 6.45) is 3.78. The maximum absolute atomic E-state index is 9.49. The molecule has 1 N–H and O–H groups in total. The highest BCUT2D eigenvalue weighted by molar-refractivity contribution is 9.10. The van der Waals surface area contributed by atoms with E-state index in [4.69, 9.17) is 0 Å². The first kappa shape index (κ1) is 15.1. The first-order valence-electron chi connectivity index (χ1n) is 7.02. The van der Waals surface area contributed by atoms with Gasteiger partial charge in [-0.25, -0.2) is 0 Å².